The van der Waals surface area contributed by atoms with Crippen LogP contribution in [0.5, 0.6) is 11.5 Å². The van der Waals surface area contributed by atoms with E-state index in [2.05, 4.69) is 26.1 Å². The molecule has 21 heavy (non-hydrogen) atoms. The van der Waals surface area contributed by atoms with Gasteiger partial charge in [-0.05, 0) is 49.1 Å². The first kappa shape index (κ1) is 16.0. The van der Waals surface area contributed by atoms with E-state index in [1.807, 2.05) is 18.2 Å². The third-order valence-corrected chi connectivity index (χ3v) is 4.72. The highest BCUT2D eigenvalue weighted by Crippen LogP contribution is 2.39. The highest BCUT2D eigenvalue weighted by atomic mass is 16.5. The lowest BCUT2D eigenvalue weighted by molar-refractivity contribution is 0.173. The molecule has 0 radical (unpaired) electrons. The van der Waals surface area contributed by atoms with Crippen molar-refractivity contribution in [2.24, 2.45) is 11.3 Å². The summed E-state index contributed by atoms with van der Waals surface area (Å²) in [5, 5.41) is 3.64. The van der Waals surface area contributed by atoms with Crippen molar-refractivity contribution in [3.8, 4) is 11.5 Å². The summed E-state index contributed by atoms with van der Waals surface area (Å²) in [6, 6.07) is 6.51. The van der Waals surface area contributed by atoms with Gasteiger partial charge in [0.05, 0.1) is 19.9 Å². The van der Waals surface area contributed by atoms with Gasteiger partial charge in [0, 0.05) is 12.1 Å². The van der Waals surface area contributed by atoms with Gasteiger partial charge in [-0.25, -0.2) is 0 Å². The minimum Gasteiger partial charge on any atom is -0.497 e. The van der Waals surface area contributed by atoms with E-state index in [0.29, 0.717) is 11.5 Å². The molecule has 1 aromatic rings. The van der Waals surface area contributed by atoms with Crippen molar-refractivity contribution in [1.82, 2.24) is 0 Å². The monoisotopic (exact) mass is 291 g/mol. The van der Waals surface area contributed by atoms with Crippen LogP contribution in [0.1, 0.15) is 46.5 Å². The van der Waals surface area contributed by atoms with E-state index in [4.69, 9.17) is 9.47 Å². The summed E-state index contributed by atoms with van der Waals surface area (Å²) in [6.45, 7) is 7.08. The van der Waals surface area contributed by atoms with Gasteiger partial charge in [0.2, 0.25) is 0 Å². The number of rotatable bonds is 4. The number of methoxy groups -OCH3 is 2. The zero-order valence-electron chi connectivity index (χ0n) is 14.0. The Bertz CT molecular complexity index is 457. The molecule has 1 aliphatic carbocycles. The Labute approximate surface area is 129 Å². The van der Waals surface area contributed by atoms with E-state index in [0.717, 1.165) is 23.1 Å². The van der Waals surface area contributed by atoms with Gasteiger partial charge < -0.3 is 14.8 Å². The average molecular weight is 291 g/mol. The molecule has 0 saturated heterocycles. The topological polar surface area (TPSA) is 30.5 Å². The van der Waals surface area contributed by atoms with Gasteiger partial charge >= 0.3 is 0 Å². The molecule has 0 unspecified atom stereocenters. The molecule has 0 spiro atoms. The molecule has 0 heterocycles. The third kappa shape index (κ3) is 4.05. The average Bonchev–Trinajstić information content (AvgIpc) is 2.47. The number of nitrogens with one attached hydrogen (secondary N) is 1. The van der Waals surface area contributed by atoms with E-state index < -0.39 is 0 Å². The Hall–Kier alpha value is -1.38. The highest BCUT2D eigenvalue weighted by molar-refractivity contribution is 5.59. The number of benzene rings is 1. The van der Waals surface area contributed by atoms with Gasteiger partial charge in [0.25, 0.3) is 0 Å². The summed E-state index contributed by atoms with van der Waals surface area (Å²) in [6.07, 6.45) is 5.08. The summed E-state index contributed by atoms with van der Waals surface area (Å²) in [7, 11) is 3.38. The largest absolute Gasteiger partial charge is 0.497 e. The molecule has 0 amide bonds. The van der Waals surface area contributed by atoms with Crippen LogP contribution in [0.25, 0.3) is 0 Å². The van der Waals surface area contributed by atoms with Crippen LogP contribution in [0, 0.1) is 11.3 Å². The third-order valence-electron chi connectivity index (χ3n) is 4.72. The van der Waals surface area contributed by atoms with Gasteiger partial charge in [-0.3, -0.25) is 0 Å². The maximum Gasteiger partial charge on any atom is 0.145 e. The predicted molar refractivity (Wildman–Crippen MR) is 88.4 cm³/mol. The Morgan fingerprint density at radius 1 is 1.00 bits per heavy atom. The fourth-order valence-electron chi connectivity index (χ4n) is 3.24. The fraction of sp³-hybridized carbons (Fsp3) is 0.667. The van der Waals surface area contributed by atoms with Crippen molar-refractivity contribution in [2.75, 3.05) is 19.5 Å². The van der Waals surface area contributed by atoms with Crippen LogP contribution >= 0.6 is 0 Å². The van der Waals surface area contributed by atoms with E-state index in [-0.39, 0.29) is 0 Å². The molecule has 0 aromatic heterocycles. The molecule has 0 bridgehead atoms. The highest BCUT2D eigenvalue weighted by Gasteiger charge is 2.29. The number of ether oxygens (including phenoxy) is 2. The zero-order chi connectivity index (χ0) is 15.5. The lowest BCUT2D eigenvalue weighted by atomic mass is 9.71. The maximum absolute atomic E-state index is 5.46. The van der Waals surface area contributed by atoms with Crippen LogP contribution in [-0.2, 0) is 0 Å². The van der Waals surface area contributed by atoms with Crippen molar-refractivity contribution in [3.63, 3.8) is 0 Å². The van der Waals surface area contributed by atoms with Crippen molar-refractivity contribution >= 4 is 5.69 Å². The molecular weight excluding hydrogens is 262 g/mol. The van der Waals surface area contributed by atoms with Crippen molar-refractivity contribution in [1.29, 1.82) is 0 Å². The zero-order valence-corrected chi connectivity index (χ0v) is 14.0. The molecule has 1 aliphatic rings. The first-order chi connectivity index (χ1) is 9.94. The quantitative estimate of drug-likeness (QED) is 0.870. The van der Waals surface area contributed by atoms with Crippen LogP contribution in [0.15, 0.2) is 18.2 Å². The molecule has 2 rings (SSSR count). The summed E-state index contributed by atoms with van der Waals surface area (Å²) in [5.41, 5.74) is 1.50. The van der Waals surface area contributed by atoms with E-state index in [1.165, 1.54) is 25.7 Å². The van der Waals surface area contributed by atoms with Crippen LogP contribution in [-0.4, -0.2) is 20.3 Å². The maximum atomic E-state index is 5.46. The van der Waals surface area contributed by atoms with Crippen molar-refractivity contribution in [3.05, 3.63) is 18.2 Å². The lowest BCUT2D eigenvalue weighted by Gasteiger charge is -2.37. The smallest absolute Gasteiger partial charge is 0.145 e. The summed E-state index contributed by atoms with van der Waals surface area (Å²) >= 11 is 0. The van der Waals surface area contributed by atoms with Crippen LogP contribution in [0.2, 0.25) is 0 Å². The first-order valence-corrected chi connectivity index (χ1v) is 7.92. The molecule has 3 heteroatoms. The van der Waals surface area contributed by atoms with Crippen LogP contribution in [0.4, 0.5) is 5.69 Å². The van der Waals surface area contributed by atoms with Crippen molar-refractivity contribution < 1.29 is 9.47 Å². The minimum absolute atomic E-state index is 0.433. The molecule has 3 nitrogen and oxygen atoms in total. The summed E-state index contributed by atoms with van der Waals surface area (Å²) < 4.78 is 10.7. The Morgan fingerprint density at radius 2 is 1.67 bits per heavy atom. The minimum atomic E-state index is 0.433. The van der Waals surface area contributed by atoms with E-state index in [1.54, 1.807) is 14.2 Å². The molecule has 118 valence electrons. The van der Waals surface area contributed by atoms with Gasteiger partial charge in [-0.2, -0.15) is 0 Å². The Morgan fingerprint density at radius 3 is 2.19 bits per heavy atom. The van der Waals surface area contributed by atoms with Gasteiger partial charge in [-0.15, -0.1) is 0 Å². The Kier molecular flexibility index (Phi) is 5.02. The van der Waals surface area contributed by atoms with Crippen molar-refractivity contribution in [2.45, 2.75) is 52.5 Å². The van der Waals surface area contributed by atoms with E-state index >= 15 is 0 Å². The molecule has 0 atom stereocenters. The molecule has 1 fully saturated rings. The fourth-order valence-corrected chi connectivity index (χ4v) is 3.24. The standard InChI is InChI=1S/C18H29NO2/c1-18(2,3)13-6-8-14(9-7-13)19-16-11-10-15(20-4)12-17(16)21-5/h10-14,19H,6-9H2,1-5H3. The Balaban J connectivity index is 1.97. The second-order valence-corrected chi connectivity index (χ2v) is 7.13. The van der Waals surface area contributed by atoms with Crippen LogP contribution < -0.4 is 14.8 Å². The molecule has 0 aliphatic heterocycles. The SMILES string of the molecule is COc1ccc(NC2CCC(C(C)(C)C)CC2)c(OC)c1. The molecule has 1 saturated carbocycles. The predicted octanol–water partition coefficient (Wildman–Crippen LogP) is 4.72. The van der Waals surface area contributed by atoms with Crippen LogP contribution in [0.3, 0.4) is 0 Å². The lowest BCUT2D eigenvalue weighted by Crippen LogP contribution is -2.31. The molecule has 1 aromatic carbocycles. The van der Waals surface area contributed by atoms with Gasteiger partial charge in [0.1, 0.15) is 11.5 Å². The normalized spacial score (nSPS) is 22.7. The number of anilines is 1. The number of hydrogen-bond donors (Lipinski definition) is 1. The first-order valence-electron chi connectivity index (χ1n) is 7.92. The molecular formula is C18H29NO2. The number of hydrogen-bond acceptors (Lipinski definition) is 3. The molecule has 1 N–H and O–H groups in total. The van der Waals surface area contributed by atoms with Gasteiger partial charge in [-0.1, -0.05) is 20.8 Å². The van der Waals surface area contributed by atoms with E-state index in [9.17, 15) is 0 Å². The second-order valence-electron chi connectivity index (χ2n) is 7.13. The van der Waals surface area contributed by atoms with Gasteiger partial charge in [0.15, 0.2) is 0 Å². The second kappa shape index (κ2) is 6.59. The summed E-state index contributed by atoms with van der Waals surface area (Å²) in [4.78, 5) is 0. The summed E-state index contributed by atoms with van der Waals surface area (Å²) in [5.74, 6) is 2.52.